The molecular formula is C13H16BrNO3. The van der Waals surface area contributed by atoms with Crippen LogP contribution >= 0.6 is 15.9 Å². The smallest absolute Gasteiger partial charge is 0.231 e. The molecule has 0 aliphatic heterocycles. The minimum atomic E-state index is -0.304. The maximum absolute atomic E-state index is 11.5. The van der Waals surface area contributed by atoms with E-state index in [9.17, 15) is 9.59 Å². The average molecular weight is 314 g/mol. The molecule has 1 amide bonds. The molecule has 0 bridgehead atoms. The predicted octanol–water partition coefficient (Wildman–Crippen LogP) is 2.77. The summed E-state index contributed by atoms with van der Waals surface area (Å²) in [6.07, 6.45) is 0.840. The SMILES string of the molecule is CCCOc1ccc(NC(=O)CC(=O)CBr)cc1. The average Bonchev–Trinajstić information content (AvgIpc) is 2.37. The Bertz CT molecular complexity index is 403. The number of ether oxygens (including phenoxy) is 1. The molecule has 1 rings (SSSR count). The van der Waals surface area contributed by atoms with Gasteiger partial charge in [-0.1, -0.05) is 22.9 Å². The molecule has 4 nitrogen and oxygen atoms in total. The Kier molecular flexibility index (Phi) is 6.43. The number of hydrogen-bond donors (Lipinski definition) is 1. The molecule has 1 aromatic rings. The van der Waals surface area contributed by atoms with Crippen LogP contribution in [0.25, 0.3) is 0 Å². The maximum Gasteiger partial charge on any atom is 0.231 e. The number of anilines is 1. The van der Waals surface area contributed by atoms with Gasteiger partial charge in [-0.25, -0.2) is 0 Å². The van der Waals surface area contributed by atoms with Crippen LogP contribution in [0, 0.1) is 0 Å². The zero-order valence-corrected chi connectivity index (χ0v) is 11.8. The van der Waals surface area contributed by atoms with Gasteiger partial charge in [-0.3, -0.25) is 9.59 Å². The van der Waals surface area contributed by atoms with Gasteiger partial charge in [0.2, 0.25) is 5.91 Å². The van der Waals surface area contributed by atoms with E-state index in [4.69, 9.17) is 4.74 Å². The molecule has 0 spiro atoms. The Morgan fingerprint density at radius 2 is 1.94 bits per heavy atom. The third kappa shape index (κ3) is 5.31. The molecule has 0 saturated heterocycles. The van der Waals surface area contributed by atoms with Gasteiger partial charge in [0.05, 0.1) is 18.4 Å². The van der Waals surface area contributed by atoms with E-state index < -0.39 is 0 Å². The normalized spacial score (nSPS) is 9.89. The molecule has 0 aliphatic rings. The van der Waals surface area contributed by atoms with Crippen molar-refractivity contribution < 1.29 is 14.3 Å². The predicted molar refractivity (Wildman–Crippen MR) is 74.3 cm³/mol. The van der Waals surface area contributed by atoms with Crippen LogP contribution < -0.4 is 10.1 Å². The van der Waals surface area contributed by atoms with Crippen molar-refractivity contribution >= 4 is 33.3 Å². The van der Waals surface area contributed by atoms with Gasteiger partial charge >= 0.3 is 0 Å². The molecule has 98 valence electrons. The lowest BCUT2D eigenvalue weighted by atomic mass is 10.2. The van der Waals surface area contributed by atoms with Gasteiger partial charge < -0.3 is 10.1 Å². The van der Waals surface area contributed by atoms with Crippen LogP contribution in [-0.2, 0) is 9.59 Å². The number of hydrogen-bond acceptors (Lipinski definition) is 3. The molecule has 1 aromatic carbocycles. The van der Waals surface area contributed by atoms with Gasteiger partial charge in [0.1, 0.15) is 5.75 Å². The van der Waals surface area contributed by atoms with Crippen LogP contribution in [0.4, 0.5) is 5.69 Å². The Morgan fingerprint density at radius 3 is 2.50 bits per heavy atom. The summed E-state index contributed by atoms with van der Waals surface area (Å²) in [6, 6.07) is 7.08. The van der Waals surface area contributed by atoms with E-state index in [1.54, 1.807) is 24.3 Å². The molecule has 0 unspecified atom stereocenters. The second-order valence-electron chi connectivity index (χ2n) is 3.77. The standard InChI is InChI=1S/C13H16BrNO3/c1-2-7-18-12-5-3-10(4-6-12)15-13(17)8-11(16)9-14/h3-6H,2,7-9H2,1H3,(H,15,17). The Morgan fingerprint density at radius 1 is 1.28 bits per heavy atom. The van der Waals surface area contributed by atoms with Gasteiger partial charge in [-0.05, 0) is 30.7 Å². The molecule has 5 heteroatoms. The first-order valence-electron chi connectivity index (χ1n) is 5.76. The highest BCUT2D eigenvalue weighted by molar-refractivity contribution is 9.09. The van der Waals surface area contributed by atoms with Crippen LogP contribution in [0.1, 0.15) is 19.8 Å². The summed E-state index contributed by atoms with van der Waals surface area (Å²) in [7, 11) is 0. The largest absolute Gasteiger partial charge is 0.494 e. The fourth-order valence-electron chi connectivity index (χ4n) is 1.29. The number of benzene rings is 1. The van der Waals surface area contributed by atoms with Crippen molar-refractivity contribution in [1.29, 1.82) is 0 Å². The first kappa shape index (κ1) is 14.7. The first-order valence-corrected chi connectivity index (χ1v) is 6.88. The fourth-order valence-corrected chi connectivity index (χ4v) is 1.48. The number of carbonyl (C=O) groups is 2. The first-order chi connectivity index (χ1) is 8.65. The summed E-state index contributed by atoms with van der Waals surface area (Å²) >= 11 is 3.02. The Labute approximate surface area is 115 Å². The number of carbonyl (C=O) groups excluding carboxylic acids is 2. The summed E-state index contributed by atoms with van der Waals surface area (Å²) in [4.78, 5) is 22.5. The third-order valence-electron chi connectivity index (χ3n) is 2.12. The molecule has 0 aromatic heterocycles. The zero-order valence-electron chi connectivity index (χ0n) is 10.2. The number of alkyl halides is 1. The van der Waals surface area contributed by atoms with Gasteiger partial charge in [0, 0.05) is 5.69 Å². The lowest BCUT2D eigenvalue weighted by Crippen LogP contribution is -2.16. The molecule has 0 fully saturated rings. The van der Waals surface area contributed by atoms with E-state index in [2.05, 4.69) is 21.2 Å². The highest BCUT2D eigenvalue weighted by Crippen LogP contribution is 2.16. The zero-order chi connectivity index (χ0) is 13.4. The molecule has 1 N–H and O–H groups in total. The Hall–Kier alpha value is -1.36. The van der Waals surface area contributed by atoms with Crippen LogP contribution in [0.3, 0.4) is 0 Å². The lowest BCUT2D eigenvalue weighted by molar-refractivity contribution is -0.123. The number of halogens is 1. The summed E-state index contributed by atoms with van der Waals surface area (Å²) in [5.74, 6) is 0.323. The lowest BCUT2D eigenvalue weighted by Gasteiger charge is -2.07. The van der Waals surface area contributed by atoms with E-state index in [0.29, 0.717) is 12.3 Å². The molecule has 0 aliphatic carbocycles. The maximum atomic E-state index is 11.5. The van der Waals surface area contributed by atoms with Crippen LogP contribution in [0.5, 0.6) is 5.75 Å². The van der Waals surface area contributed by atoms with Crippen molar-refractivity contribution in [1.82, 2.24) is 0 Å². The molecule has 0 radical (unpaired) electrons. The second-order valence-corrected chi connectivity index (χ2v) is 4.33. The number of rotatable bonds is 7. The van der Waals surface area contributed by atoms with Gasteiger partial charge in [-0.2, -0.15) is 0 Å². The molecule has 18 heavy (non-hydrogen) atoms. The van der Waals surface area contributed by atoms with E-state index in [-0.39, 0.29) is 23.4 Å². The van der Waals surface area contributed by atoms with Gasteiger partial charge in [-0.15, -0.1) is 0 Å². The summed E-state index contributed by atoms with van der Waals surface area (Å²) in [5, 5.41) is 2.85. The monoisotopic (exact) mass is 313 g/mol. The van der Waals surface area contributed by atoms with Crippen LogP contribution in [0.2, 0.25) is 0 Å². The van der Waals surface area contributed by atoms with E-state index >= 15 is 0 Å². The second kappa shape index (κ2) is 7.87. The molecular weight excluding hydrogens is 298 g/mol. The van der Waals surface area contributed by atoms with Crippen molar-refractivity contribution in [2.75, 3.05) is 17.3 Å². The van der Waals surface area contributed by atoms with Gasteiger partial charge in [0.15, 0.2) is 5.78 Å². The van der Waals surface area contributed by atoms with E-state index in [1.807, 2.05) is 6.92 Å². The minimum Gasteiger partial charge on any atom is -0.494 e. The number of ketones is 1. The molecule has 0 heterocycles. The summed E-state index contributed by atoms with van der Waals surface area (Å²) in [6.45, 7) is 2.71. The quantitative estimate of drug-likeness (QED) is 0.622. The fraction of sp³-hybridized carbons (Fsp3) is 0.385. The van der Waals surface area contributed by atoms with Gasteiger partial charge in [0.25, 0.3) is 0 Å². The number of amides is 1. The van der Waals surface area contributed by atoms with Crippen molar-refractivity contribution in [3.63, 3.8) is 0 Å². The summed E-state index contributed by atoms with van der Waals surface area (Å²) < 4.78 is 5.42. The van der Waals surface area contributed by atoms with Crippen molar-refractivity contribution in [2.24, 2.45) is 0 Å². The topological polar surface area (TPSA) is 55.4 Å². The van der Waals surface area contributed by atoms with E-state index in [0.717, 1.165) is 12.2 Å². The summed E-state index contributed by atoms with van der Waals surface area (Å²) in [5.41, 5.74) is 0.659. The van der Waals surface area contributed by atoms with Crippen LogP contribution in [-0.4, -0.2) is 23.6 Å². The number of Topliss-reactive ketones (excluding diaryl/α,β-unsaturated/α-hetero) is 1. The van der Waals surface area contributed by atoms with Crippen molar-refractivity contribution in [3.8, 4) is 5.75 Å². The highest BCUT2D eigenvalue weighted by atomic mass is 79.9. The minimum absolute atomic E-state index is 0.112. The third-order valence-corrected chi connectivity index (χ3v) is 2.74. The molecule has 0 saturated carbocycles. The van der Waals surface area contributed by atoms with E-state index in [1.165, 1.54) is 0 Å². The number of nitrogens with one attached hydrogen (secondary N) is 1. The Balaban J connectivity index is 2.47. The molecule has 0 atom stereocenters. The highest BCUT2D eigenvalue weighted by Gasteiger charge is 2.08. The van der Waals surface area contributed by atoms with Crippen LogP contribution in [0.15, 0.2) is 24.3 Å². The van der Waals surface area contributed by atoms with Crippen molar-refractivity contribution in [3.05, 3.63) is 24.3 Å². The van der Waals surface area contributed by atoms with Crippen molar-refractivity contribution in [2.45, 2.75) is 19.8 Å².